The molecule has 0 radical (unpaired) electrons. The molecule has 1 aliphatic heterocycles. The van der Waals surface area contributed by atoms with Gasteiger partial charge in [-0.25, -0.2) is 4.68 Å². The standard InChI is InChI=1S/C33H32N6O4S/c1-39-33(36-37-38-39)44-21-29-17-30(24-12-10-22(20-40)11-13-24)43-32(42-29)27-8-3-7-26(16-27)25-6-2-5-23(15-25)18-35-31(41)28-9-4-14-34-19-28/h2-16,19,29-30,32,40H,17-18,20-21H2,1H3,(H,35,41). The highest BCUT2D eigenvalue weighted by Crippen LogP contribution is 2.40. The fourth-order valence-electron chi connectivity index (χ4n) is 5.04. The molecule has 0 saturated carbocycles. The summed E-state index contributed by atoms with van der Waals surface area (Å²) in [6.07, 6.45) is 2.96. The number of aliphatic hydroxyl groups is 1. The van der Waals surface area contributed by atoms with Crippen molar-refractivity contribution in [2.45, 2.75) is 43.2 Å². The summed E-state index contributed by atoms with van der Waals surface area (Å²) in [4.78, 5) is 16.5. The summed E-state index contributed by atoms with van der Waals surface area (Å²) in [5.74, 6) is 0.493. The number of thioether (sulfide) groups is 1. The van der Waals surface area contributed by atoms with Crippen LogP contribution in [0.2, 0.25) is 0 Å². The lowest BCUT2D eigenvalue weighted by Gasteiger charge is -2.36. The predicted molar refractivity (Wildman–Crippen MR) is 165 cm³/mol. The maximum Gasteiger partial charge on any atom is 0.253 e. The quantitative estimate of drug-likeness (QED) is 0.210. The van der Waals surface area contributed by atoms with Crippen molar-refractivity contribution in [1.82, 2.24) is 30.5 Å². The molecule has 0 aliphatic carbocycles. The van der Waals surface area contributed by atoms with Gasteiger partial charge in [-0.05, 0) is 62.5 Å². The zero-order valence-electron chi connectivity index (χ0n) is 24.1. The first kappa shape index (κ1) is 29.6. The molecule has 2 N–H and O–H groups in total. The van der Waals surface area contributed by atoms with E-state index in [1.807, 2.05) is 61.6 Å². The lowest BCUT2D eigenvalue weighted by atomic mass is 9.99. The second kappa shape index (κ2) is 13.9. The summed E-state index contributed by atoms with van der Waals surface area (Å²) >= 11 is 1.55. The van der Waals surface area contributed by atoms with Crippen LogP contribution in [0, 0.1) is 0 Å². The Hall–Kier alpha value is -4.42. The molecule has 5 aromatic rings. The summed E-state index contributed by atoms with van der Waals surface area (Å²) in [7, 11) is 1.82. The van der Waals surface area contributed by atoms with Crippen LogP contribution < -0.4 is 5.32 Å². The van der Waals surface area contributed by atoms with Crippen LogP contribution in [0.5, 0.6) is 0 Å². The Morgan fingerprint density at radius 3 is 2.55 bits per heavy atom. The van der Waals surface area contributed by atoms with Crippen molar-refractivity contribution in [2.24, 2.45) is 7.05 Å². The van der Waals surface area contributed by atoms with Crippen LogP contribution in [0.15, 0.2) is 102 Å². The van der Waals surface area contributed by atoms with Crippen LogP contribution in [0.3, 0.4) is 0 Å². The topological polar surface area (TPSA) is 124 Å². The number of aromatic nitrogens is 5. The Balaban J connectivity index is 1.20. The second-order valence-corrected chi connectivity index (χ2v) is 11.5. The van der Waals surface area contributed by atoms with Crippen molar-refractivity contribution in [3.8, 4) is 11.1 Å². The Labute approximate surface area is 259 Å². The minimum absolute atomic E-state index is 0.00654. The summed E-state index contributed by atoms with van der Waals surface area (Å²) in [6.45, 7) is 0.390. The largest absolute Gasteiger partial charge is 0.392 e. The second-order valence-electron chi connectivity index (χ2n) is 10.5. The maximum atomic E-state index is 12.5. The number of aliphatic hydroxyl groups excluding tert-OH is 1. The van der Waals surface area contributed by atoms with E-state index in [-0.39, 0.29) is 24.7 Å². The molecule has 224 valence electrons. The van der Waals surface area contributed by atoms with Crippen molar-refractivity contribution in [3.05, 3.63) is 125 Å². The number of nitrogens with one attached hydrogen (secondary N) is 1. The summed E-state index contributed by atoms with van der Waals surface area (Å²) in [5, 5.41) is 24.9. The van der Waals surface area contributed by atoms with Gasteiger partial charge in [0.2, 0.25) is 5.16 Å². The SMILES string of the molecule is Cn1nnnc1SCC1CC(c2ccc(CO)cc2)OC(c2cccc(-c3cccc(CNC(=O)c4cccnc4)c3)c2)O1. The minimum Gasteiger partial charge on any atom is -0.392 e. The number of tetrazole rings is 1. The molecular formula is C33H32N6O4S. The predicted octanol–water partition coefficient (Wildman–Crippen LogP) is 5.03. The first-order chi connectivity index (χ1) is 21.6. The normalized spacial score (nSPS) is 18.2. The third kappa shape index (κ3) is 7.20. The van der Waals surface area contributed by atoms with Gasteiger partial charge in [-0.2, -0.15) is 0 Å². The highest BCUT2D eigenvalue weighted by Gasteiger charge is 2.32. The molecule has 3 heterocycles. The number of aryl methyl sites for hydroxylation is 1. The number of carbonyl (C=O) groups is 1. The van der Waals surface area contributed by atoms with E-state index in [0.717, 1.165) is 38.5 Å². The van der Waals surface area contributed by atoms with Gasteiger partial charge in [-0.3, -0.25) is 9.78 Å². The van der Waals surface area contributed by atoms with Crippen LogP contribution in [-0.4, -0.2) is 48.1 Å². The van der Waals surface area contributed by atoms with Crippen molar-refractivity contribution < 1.29 is 19.4 Å². The van der Waals surface area contributed by atoms with E-state index in [0.29, 0.717) is 24.3 Å². The van der Waals surface area contributed by atoms with Crippen molar-refractivity contribution in [1.29, 1.82) is 0 Å². The van der Waals surface area contributed by atoms with Crippen molar-refractivity contribution in [3.63, 3.8) is 0 Å². The molecular weight excluding hydrogens is 576 g/mol. The van der Waals surface area contributed by atoms with E-state index in [2.05, 4.69) is 44.0 Å². The molecule has 1 fully saturated rings. The Morgan fingerprint density at radius 1 is 0.977 bits per heavy atom. The molecule has 1 aliphatic rings. The van der Waals surface area contributed by atoms with Crippen molar-refractivity contribution in [2.75, 3.05) is 5.75 Å². The average Bonchev–Trinajstić information content (AvgIpc) is 3.51. The van der Waals surface area contributed by atoms with E-state index in [1.54, 1.807) is 41.0 Å². The van der Waals surface area contributed by atoms with Crippen LogP contribution in [0.25, 0.3) is 11.1 Å². The van der Waals surface area contributed by atoms with Crippen LogP contribution in [0.4, 0.5) is 0 Å². The fourth-order valence-corrected chi connectivity index (χ4v) is 5.91. The molecule has 11 heteroatoms. The van der Waals surface area contributed by atoms with E-state index >= 15 is 0 Å². The van der Waals surface area contributed by atoms with Crippen LogP contribution >= 0.6 is 11.8 Å². The van der Waals surface area contributed by atoms with Gasteiger partial charge in [-0.15, -0.1) is 5.10 Å². The van der Waals surface area contributed by atoms with Crippen LogP contribution in [-0.2, 0) is 29.7 Å². The first-order valence-corrected chi connectivity index (χ1v) is 15.3. The summed E-state index contributed by atoms with van der Waals surface area (Å²) in [5.41, 5.74) is 6.33. The van der Waals surface area contributed by atoms with Crippen LogP contribution in [0.1, 0.15) is 51.4 Å². The lowest BCUT2D eigenvalue weighted by molar-refractivity contribution is -0.245. The summed E-state index contributed by atoms with van der Waals surface area (Å²) < 4.78 is 14.7. The van der Waals surface area contributed by atoms with Gasteiger partial charge in [0.05, 0.1) is 24.4 Å². The number of amides is 1. The average molecular weight is 609 g/mol. The molecule has 1 amide bonds. The Morgan fingerprint density at radius 2 is 1.80 bits per heavy atom. The van der Waals surface area contributed by atoms with Gasteiger partial charge in [-0.1, -0.05) is 72.4 Å². The fraction of sp³-hybridized carbons (Fsp3) is 0.242. The first-order valence-electron chi connectivity index (χ1n) is 14.3. The Kier molecular flexibility index (Phi) is 9.37. The highest BCUT2D eigenvalue weighted by atomic mass is 32.2. The highest BCUT2D eigenvalue weighted by molar-refractivity contribution is 7.99. The molecule has 0 spiro atoms. The Bertz CT molecular complexity index is 1700. The van der Waals surface area contributed by atoms with Gasteiger partial charge in [0.15, 0.2) is 6.29 Å². The number of hydrogen-bond donors (Lipinski definition) is 2. The molecule has 44 heavy (non-hydrogen) atoms. The molecule has 10 nitrogen and oxygen atoms in total. The molecule has 1 saturated heterocycles. The molecule has 3 aromatic carbocycles. The number of ether oxygens (including phenoxy) is 2. The number of rotatable bonds is 10. The number of pyridine rings is 1. The van der Waals surface area contributed by atoms with Gasteiger partial charge in [0, 0.05) is 43.7 Å². The maximum absolute atomic E-state index is 12.5. The number of nitrogens with zero attached hydrogens (tertiary/aromatic N) is 5. The zero-order valence-corrected chi connectivity index (χ0v) is 24.9. The van der Waals surface area contributed by atoms with E-state index in [1.165, 1.54) is 0 Å². The number of carbonyl (C=O) groups excluding carboxylic acids is 1. The van der Waals surface area contributed by atoms with Gasteiger partial charge < -0.3 is 19.9 Å². The lowest BCUT2D eigenvalue weighted by Crippen LogP contribution is -2.31. The third-order valence-electron chi connectivity index (χ3n) is 7.39. The monoisotopic (exact) mass is 608 g/mol. The number of benzene rings is 3. The molecule has 3 unspecified atom stereocenters. The minimum atomic E-state index is -0.587. The van der Waals surface area contributed by atoms with E-state index < -0.39 is 6.29 Å². The summed E-state index contributed by atoms with van der Waals surface area (Å²) in [6, 6.07) is 27.6. The molecule has 0 bridgehead atoms. The molecule has 2 aromatic heterocycles. The number of hydrogen-bond acceptors (Lipinski definition) is 9. The zero-order chi connectivity index (χ0) is 30.3. The molecule has 6 rings (SSSR count). The van der Waals surface area contributed by atoms with E-state index in [4.69, 9.17) is 9.47 Å². The van der Waals surface area contributed by atoms with Crippen molar-refractivity contribution >= 4 is 17.7 Å². The van der Waals surface area contributed by atoms with Gasteiger partial charge in [0.25, 0.3) is 5.91 Å². The smallest absolute Gasteiger partial charge is 0.253 e. The third-order valence-corrected chi connectivity index (χ3v) is 8.53. The van der Waals surface area contributed by atoms with Gasteiger partial charge in [0.1, 0.15) is 0 Å². The van der Waals surface area contributed by atoms with E-state index in [9.17, 15) is 9.90 Å². The van der Waals surface area contributed by atoms with Gasteiger partial charge >= 0.3 is 0 Å². The molecule has 3 atom stereocenters.